The fourth-order valence-corrected chi connectivity index (χ4v) is 8.53. The second kappa shape index (κ2) is 16.8. The van der Waals surface area contributed by atoms with Gasteiger partial charge in [-0.15, -0.1) is 0 Å². The van der Waals surface area contributed by atoms with Crippen LogP contribution in [0.3, 0.4) is 0 Å². The van der Waals surface area contributed by atoms with Gasteiger partial charge in [-0.1, -0.05) is 27.7 Å². The van der Waals surface area contributed by atoms with Crippen molar-refractivity contribution in [2.45, 2.75) is 179 Å². The monoisotopic (exact) mass is 750 g/mol. The molecule has 3 saturated heterocycles. The Kier molecular flexibility index (Phi) is 14.6. The van der Waals surface area contributed by atoms with Crippen molar-refractivity contribution in [1.82, 2.24) is 0 Å². The van der Waals surface area contributed by atoms with Crippen LogP contribution >= 0.6 is 0 Å². The third-order valence-electron chi connectivity index (χ3n) is 12.0. The fourth-order valence-electron chi connectivity index (χ4n) is 8.53. The number of hydroxylamine groups is 3. The quantitative estimate of drug-likeness (QED) is 0.124. The molecule has 0 radical (unpaired) electrons. The van der Waals surface area contributed by atoms with E-state index in [9.17, 15) is 40.3 Å². The molecule has 52 heavy (non-hydrogen) atoms. The van der Waals surface area contributed by atoms with Crippen LogP contribution < -0.4 is 0 Å². The van der Waals surface area contributed by atoms with E-state index in [1.54, 1.807) is 48.5 Å². The summed E-state index contributed by atoms with van der Waals surface area (Å²) in [5, 5.41) is 68.5. The van der Waals surface area contributed by atoms with Gasteiger partial charge >= 0.3 is 5.97 Å². The molecular formula is C37H68NO14+. The number of nitrogens with zero attached hydrogens (tertiary/aromatic N) is 1. The molecule has 3 aliphatic rings. The largest absolute Gasteiger partial charge is 0.459 e. The van der Waals surface area contributed by atoms with Gasteiger partial charge in [0.15, 0.2) is 24.7 Å². The molecule has 3 rings (SSSR count). The third kappa shape index (κ3) is 9.54. The third-order valence-corrected chi connectivity index (χ3v) is 12.0. The molecule has 0 aromatic heterocycles. The van der Waals surface area contributed by atoms with Gasteiger partial charge in [0.1, 0.15) is 23.6 Å². The number of rotatable bonds is 7. The van der Waals surface area contributed by atoms with Crippen LogP contribution in [0.2, 0.25) is 0 Å². The number of cyclic esters (lactones) is 1. The number of hydrogen-bond acceptors (Lipinski definition) is 14. The van der Waals surface area contributed by atoms with Crippen molar-refractivity contribution >= 4 is 11.8 Å². The highest BCUT2D eigenvalue weighted by Crippen LogP contribution is 2.41. The van der Waals surface area contributed by atoms with E-state index in [-0.39, 0.29) is 19.3 Å². The van der Waals surface area contributed by atoms with Crippen molar-refractivity contribution in [2.24, 2.45) is 23.7 Å². The van der Waals surface area contributed by atoms with Crippen LogP contribution in [0, 0.1) is 23.7 Å². The van der Waals surface area contributed by atoms with Crippen LogP contribution in [-0.2, 0) is 38.0 Å². The van der Waals surface area contributed by atoms with Gasteiger partial charge in [0.2, 0.25) is 0 Å². The molecule has 304 valence electrons. The Morgan fingerprint density at radius 2 is 1.48 bits per heavy atom. The molecule has 6 N–H and O–H groups in total. The second-order valence-corrected chi connectivity index (χ2v) is 17.0. The lowest BCUT2D eigenvalue weighted by Crippen LogP contribution is -2.63. The first-order valence-electron chi connectivity index (χ1n) is 18.7. The van der Waals surface area contributed by atoms with Gasteiger partial charge in [-0.05, 0) is 54.4 Å². The Bertz CT molecular complexity index is 1210. The van der Waals surface area contributed by atoms with Crippen LogP contribution in [0.15, 0.2) is 0 Å². The van der Waals surface area contributed by atoms with E-state index in [2.05, 4.69) is 0 Å². The molecule has 3 heterocycles. The highest BCUT2D eigenvalue weighted by atomic mass is 16.7. The maximum Gasteiger partial charge on any atom is 0.311 e. The minimum absolute atomic E-state index is 0.0664. The maximum atomic E-state index is 14.1. The Morgan fingerprint density at radius 3 is 2.02 bits per heavy atom. The van der Waals surface area contributed by atoms with Gasteiger partial charge < -0.3 is 54.0 Å². The number of aliphatic hydroxyl groups is 5. The van der Waals surface area contributed by atoms with Gasteiger partial charge in [0, 0.05) is 37.7 Å². The summed E-state index contributed by atoms with van der Waals surface area (Å²) in [7, 11) is 4.52. The zero-order valence-corrected chi connectivity index (χ0v) is 33.4. The fraction of sp³-hybridized carbons (Fsp3) is 0.946. The van der Waals surface area contributed by atoms with E-state index in [1.807, 2.05) is 0 Å². The highest BCUT2D eigenvalue weighted by molar-refractivity contribution is 5.83. The number of ketones is 1. The molecule has 3 fully saturated rings. The van der Waals surface area contributed by atoms with Crippen molar-refractivity contribution in [3.8, 4) is 0 Å². The Labute approximate surface area is 309 Å². The van der Waals surface area contributed by atoms with Gasteiger partial charge in [0.05, 0.1) is 61.7 Å². The number of likely N-dealkylation sites (N-methyl/N-ethyl adjacent to an activating group) is 1. The number of esters is 1. The molecular weight excluding hydrogens is 682 g/mol. The smallest absolute Gasteiger partial charge is 0.311 e. The van der Waals surface area contributed by atoms with Gasteiger partial charge in [-0.3, -0.25) is 9.59 Å². The van der Waals surface area contributed by atoms with Gasteiger partial charge in [-0.25, -0.2) is 5.21 Å². The van der Waals surface area contributed by atoms with Crippen molar-refractivity contribution in [3.63, 3.8) is 0 Å². The summed E-state index contributed by atoms with van der Waals surface area (Å²) in [5.74, 6) is -5.21. The second-order valence-electron chi connectivity index (χ2n) is 17.0. The molecule has 0 amide bonds. The first-order valence-corrected chi connectivity index (χ1v) is 18.7. The average Bonchev–Trinajstić information content (AvgIpc) is 3.05. The molecule has 3 aliphatic heterocycles. The summed E-state index contributed by atoms with van der Waals surface area (Å²) in [5.41, 5.74) is -4.95. The van der Waals surface area contributed by atoms with E-state index in [4.69, 9.17) is 28.4 Å². The SMILES string of the molecule is CC[C@H]1OC(=O)[C@H](C)[C@@H](O[C@H]2C[C@@](C)(OC)[C@@H](O)[C@H](C)O2)[C@H](C)[C@@H](O[C@@H]2O[C@H](C)C[C@H]([N+](C)(C)O)[C@H]2O)[C@@](C)(O)C[C@H](C)C(=O)[C@H](C)[C@@H](O)[C@]1(C)O. The molecule has 15 nitrogen and oxygen atoms in total. The van der Waals surface area contributed by atoms with E-state index in [0.29, 0.717) is 6.42 Å². The summed E-state index contributed by atoms with van der Waals surface area (Å²) in [6.45, 7) is 16.0. The molecule has 0 saturated carbocycles. The van der Waals surface area contributed by atoms with Crippen molar-refractivity contribution in [3.05, 3.63) is 0 Å². The average molecular weight is 751 g/mol. The highest BCUT2D eigenvalue weighted by Gasteiger charge is 2.54. The number of quaternary nitrogens is 1. The summed E-state index contributed by atoms with van der Waals surface area (Å²) in [4.78, 5) is 27.9. The van der Waals surface area contributed by atoms with Gasteiger partial charge in [0.25, 0.3) is 0 Å². The molecule has 0 aromatic rings. The first-order chi connectivity index (χ1) is 23.7. The summed E-state index contributed by atoms with van der Waals surface area (Å²) in [6, 6.07) is -0.717. The number of Topliss-reactive ketones (excluding diaryl/α,β-unsaturated/α-hetero) is 1. The number of aliphatic hydroxyl groups excluding tert-OH is 3. The Morgan fingerprint density at radius 1 is 0.885 bits per heavy atom. The predicted molar refractivity (Wildman–Crippen MR) is 186 cm³/mol. The molecule has 0 bridgehead atoms. The maximum absolute atomic E-state index is 14.1. The van der Waals surface area contributed by atoms with Crippen LogP contribution in [0.1, 0.15) is 94.9 Å². The van der Waals surface area contributed by atoms with E-state index in [0.717, 1.165) is 0 Å². The number of carbonyl (C=O) groups is 2. The van der Waals surface area contributed by atoms with Crippen molar-refractivity contribution in [1.29, 1.82) is 0 Å². The minimum Gasteiger partial charge on any atom is -0.459 e. The molecule has 18 atom stereocenters. The molecule has 0 unspecified atom stereocenters. The standard InChI is InChI=1S/C37H68NO14/c1-14-25-37(10,45)30(41)20(4)27(39)18(2)16-35(8,44)32(52-34-28(40)24(38(11,12)46)15-19(3)48-34)21(5)29(22(6)33(43)50-25)51-26-17-36(9,47-13)31(42)23(7)49-26/h18-26,28-32,34,40-42,44-46H,14-17H2,1-13H3/q+1/t18-,19+,20-,21-,22+,23-,24-,25+,26-,28+,29-,30+,31-,32+,34-,35-,36+,37+/m0/s1. The van der Waals surface area contributed by atoms with E-state index >= 15 is 0 Å². The number of hydrogen-bond donors (Lipinski definition) is 6. The van der Waals surface area contributed by atoms with Crippen LogP contribution in [0.5, 0.6) is 0 Å². The summed E-state index contributed by atoms with van der Waals surface area (Å²) < 4.78 is 36.3. The summed E-state index contributed by atoms with van der Waals surface area (Å²) in [6.07, 6.45) is -10.8. The van der Waals surface area contributed by atoms with E-state index in [1.165, 1.54) is 42.0 Å². The van der Waals surface area contributed by atoms with Gasteiger partial charge in [-0.2, -0.15) is 4.65 Å². The lowest BCUT2D eigenvalue weighted by atomic mass is 9.74. The number of ether oxygens (including phenoxy) is 6. The number of carbonyl (C=O) groups excluding carboxylic acids is 2. The van der Waals surface area contributed by atoms with Crippen LogP contribution in [0.25, 0.3) is 0 Å². The zero-order valence-electron chi connectivity index (χ0n) is 33.4. The zero-order chi connectivity index (χ0) is 39.9. The predicted octanol–water partition coefficient (Wildman–Crippen LogP) is 1.69. The van der Waals surface area contributed by atoms with Crippen molar-refractivity contribution in [2.75, 3.05) is 21.2 Å². The number of methoxy groups -OCH3 is 1. The molecule has 0 aliphatic carbocycles. The summed E-state index contributed by atoms with van der Waals surface area (Å²) >= 11 is 0. The normalized spacial score (nSPS) is 49.2. The van der Waals surface area contributed by atoms with E-state index < -0.39 is 124 Å². The molecule has 0 aromatic carbocycles. The minimum atomic E-state index is -2.02. The topological polar surface area (TPSA) is 211 Å². The first kappa shape index (κ1) is 45.1. The Balaban J connectivity index is 2.20. The lowest BCUT2D eigenvalue weighted by Gasteiger charge is -2.49. The van der Waals surface area contributed by atoms with Crippen molar-refractivity contribution < 1.29 is 73.4 Å². The molecule has 15 heteroatoms. The van der Waals surface area contributed by atoms with Crippen LogP contribution in [0.4, 0.5) is 0 Å². The Hall–Kier alpha value is -1.34. The molecule has 0 spiro atoms. The van der Waals surface area contributed by atoms with Crippen LogP contribution in [-0.4, -0.2) is 153 Å². The lowest BCUT2D eigenvalue weighted by molar-refractivity contribution is -1.09.